The quantitative estimate of drug-likeness (QED) is 0.0630. The molecule has 5 aromatic carbocycles. The summed E-state index contributed by atoms with van der Waals surface area (Å²) in [4.78, 5) is 11.2. The van der Waals surface area contributed by atoms with E-state index in [1.807, 2.05) is 6.26 Å². The Balaban J connectivity index is 0.000000149. The van der Waals surface area contributed by atoms with Gasteiger partial charge in [0, 0.05) is 20.0 Å². The van der Waals surface area contributed by atoms with E-state index in [4.69, 9.17) is 18.9 Å². The van der Waals surface area contributed by atoms with Crippen LogP contribution in [0, 0.1) is 57.8 Å². The molecule has 0 heterocycles. The normalized spacial score (nSPS) is 24.6. The Kier molecular flexibility index (Phi) is 19.0. The van der Waals surface area contributed by atoms with E-state index in [1.165, 1.54) is 60.0 Å². The molecule has 0 saturated heterocycles. The largest absolute Gasteiger partial charge is 1.00 e. The Morgan fingerprint density at radius 2 is 0.880 bits per heavy atom. The summed E-state index contributed by atoms with van der Waals surface area (Å²) in [6.07, 6.45) is 20.0. The number of carbonyl (C=O) groups is 1. The third-order valence-corrected chi connectivity index (χ3v) is 22.0. The molecule has 11 rings (SSSR count). The molecule has 0 amide bonds. The van der Waals surface area contributed by atoms with Gasteiger partial charge in [0.1, 0.15) is 29.0 Å². The highest BCUT2D eigenvalue weighted by Crippen LogP contribution is 2.64. The fourth-order valence-corrected chi connectivity index (χ4v) is 18.0. The van der Waals surface area contributed by atoms with Gasteiger partial charge >= 0.3 is 0 Å². The minimum absolute atomic E-state index is 0. The summed E-state index contributed by atoms with van der Waals surface area (Å²) in [5.74, 6) is 0.625. The Labute approximate surface area is 450 Å². The number of hydrogen-bond acceptors (Lipinski definition) is 5. The summed E-state index contributed by atoms with van der Waals surface area (Å²) in [5.41, 5.74) is 3.42. The van der Waals surface area contributed by atoms with E-state index in [0.717, 1.165) is 82.0 Å². The Morgan fingerprint density at radius 3 is 1.21 bits per heavy atom. The summed E-state index contributed by atoms with van der Waals surface area (Å²) in [6, 6.07) is 38.9. The van der Waals surface area contributed by atoms with Gasteiger partial charge in [0.05, 0.1) is 26.6 Å². The molecule has 6 aliphatic carbocycles. The number of ether oxygens (including phenoxy) is 4. The lowest BCUT2D eigenvalue weighted by Gasteiger charge is -2.58. The van der Waals surface area contributed by atoms with Crippen molar-refractivity contribution in [1.29, 1.82) is 0 Å². The predicted molar refractivity (Wildman–Crippen MR) is 290 cm³/mol. The number of rotatable bonds is 14. The first-order valence-electron chi connectivity index (χ1n) is 27.4. The van der Waals surface area contributed by atoms with E-state index < -0.39 is 30.5 Å². The zero-order valence-electron chi connectivity index (χ0n) is 44.3. The van der Waals surface area contributed by atoms with Crippen molar-refractivity contribution in [1.82, 2.24) is 0 Å². The van der Waals surface area contributed by atoms with Gasteiger partial charge in [0.15, 0.2) is 29.5 Å². The van der Waals surface area contributed by atoms with Crippen LogP contribution in [0.4, 0.5) is 17.6 Å². The monoisotopic (exact) mass is 1070 g/mol. The molecule has 0 N–H and O–H groups in total. The third kappa shape index (κ3) is 12.2. The van der Waals surface area contributed by atoms with E-state index in [2.05, 4.69) is 91.0 Å². The molecule has 0 atom stereocenters. The minimum Gasteiger partial charge on any atom is -1.00 e. The first-order valence-corrected chi connectivity index (χ1v) is 29.4. The Bertz CT molecular complexity index is 2560. The molecule has 6 saturated carbocycles. The number of benzene rings is 5. The van der Waals surface area contributed by atoms with Crippen molar-refractivity contribution in [2.45, 2.75) is 128 Å². The lowest BCUT2D eigenvalue weighted by atomic mass is 9.47. The van der Waals surface area contributed by atoms with Crippen LogP contribution in [0.25, 0.3) is 0 Å². The fourth-order valence-electron chi connectivity index (χ4n) is 14.3. The van der Waals surface area contributed by atoms with Gasteiger partial charge in [-0.3, -0.25) is 4.79 Å². The predicted octanol–water partition coefficient (Wildman–Crippen LogP) is 12.3. The van der Waals surface area contributed by atoms with Gasteiger partial charge in [0.25, 0.3) is 0 Å². The molecule has 0 bridgehead atoms. The molecule has 0 unspecified atom stereocenters. The number of hydrogen-bond donors (Lipinski definition) is 0. The van der Waals surface area contributed by atoms with Crippen molar-refractivity contribution in [3.63, 3.8) is 0 Å². The first kappa shape index (κ1) is 56.5. The second-order valence-electron chi connectivity index (χ2n) is 22.5. The van der Waals surface area contributed by atoms with Gasteiger partial charge in [-0.2, -0.15) is 8.78 Å². The molecule has 0 aliphatic heterocycles. The molecule has 6 fully saturated rings. The number of allylic oxidation sites excluding steroid dienone is 1. The smallest absolute Gasteiger partial charge is 0.200 e. The summed E-state index contributed by atoms with van der Waals surface area (Å²) >= 11 is 0. The number of carbonyl (C=O) groups excluding carboxylic acids is 1. The van der Waals surface area contributed by atoms with Gasteiger partial charge in [-0.05, 0) is 215 Å². The minimum atomic E-state index is -1.78. The third-order valence-electron chi connectivity index (χ3n) is 17.8. The summed E-state index contributed by atoms with van der Waals surface area (Å²) in [7, 11) is 1.74. The summed E-state index contributed by atoms with van der Waals surface area (Å²) in [5, 5.41) is 4.07. The van der Waals surface area contributed by atoms with Crippen LogP contribution in [-0.4, -0.2) is 39.6 Å². The van der Waals surface area contributed by atoms with Crippen molar-refractivity contribution < 1.29 is 53.7 Å². The molecule has 0 aromatic heterocycles. The lowest BCUT2D eigenvalue weighted by molar-refractivity contribution is -0.145. The maximum Gasteiger partial charge on any atom is 0.200 e. The first-order chi connectivity index (χ1) is 35.9. The number of halogens is 5. The SMILES string of the molecule is CCOc1ccc(C2CCC(C3CC4(CC(=COC)C4)C3)CC2)c(F)c1F.CCOc1ccc(C2CCC(C3CC4(CC(=O)C4)C3)CC2)c(F)c1F.COC[P+](c1ccccc1)(c1ccccc1)c1ccccc1.[Cl-]. The average Bonchev–Trinajstić information content (AvgIpc) is 3.39. The van der Waals surface area contributed by atoms with E-state index >= 15 is 0 Å². The molecular formula is C64H76ClF4O5P. The maximum atomic E-state index is 14.5. The molecule has 6 aliphatic rings. The molecule has 75 heavy (non-hydrogen) atoms. The van der Waals surface area contributed by atoms with Gasteiger partial charge in [-0.1, -0.05) is 66.7 Å². The van der Waals surface area contributed by atoms with Crippen LogP contribution in [0.15, 0.2) is 127 Å². The number of ketones is 1. The van der Waals surface area contributed by atoms with E-state index in [9.17, 15) is 22.4 Å². The van der Waals surface area contributed by atoms with Gasteiger partial charge < -0.3 is 31.4 Å². The van der Waals surface area contributed by atoms with E-state index in [-0.39, 0.29) is 35.7 Å². The van der Waals surface area contributed by atoms with Gasteiger partial charge in [0.2, 0.25) is 11.6 Å². The second kappa shape index (κ2) is 25.2. The Morgan fingerprint density at radius 1 is 0.507 bits per heavy atom. The molecule has 11 heteroatoms. The average molecular weight is 1070 g/mol. The van der Waals surface area contributed by atoms with Crippen molar-refractivity contribution in [2.75, 3.05) is 33.8 Å². The van der Waals surface area contributed by atoms with Crippen molar-refractivity contribution in [3.05, 3.63) is 161 Å². The van der Waals surface area contributed by atoms with Crippen LogP contribution < -0.4 is 37.8 Å². The van der Waals surface area contributed by atoms with Crippen LogP contribution in [0.1, 0.15) is 140 Å². The summed E-state index contributed by atoms with van der Waals surface area (Å²) < 4.78 is 78.3. The zero-order valence-corrected chi connectivity index (χ0v) is 46.0. The van der Waals surface area contributed by atoms with Crippen LogP contribution in [-0.2, 0) is 14.3 Å². The van der Waals surface area contributed by atoms with E-state index in [1.54, 1.807) is 52.3 Å². The highest BCUT2D eigenvalue weighted by molar-refractivity contribution is 7.95. The molecule has 402 valence electrons. The highest BCUT2D eigenvalue weighted by atomic mass is 35.5. The lowest BCUT2D eigenvalue weighted by Crippen LogP contribution is -3.00. The van der Waals surface area contributed by atoms with Gasteiger partial charge in [-0.25, -0.2) is 8.78 Å². The Hall–Kier alpha value is -4.69. The standard InChI is InChI=1S/C23H30F2O2.C21H26F2O2.C20H20OP.ClH/c1-3-27-20-9-8-19(21(24)22(20)25)17-6-4-16(5-7-17)18-12-23(13-18)10-15(11-23)14-26-2;1-2-25-18-8-7-17(19(22)20(18)23)14-5-3-13(4-6-14)15-9-21(10-15)11-16(24)12-21;1-21-17-22(18-11-5-2-6-12-18,19-13-7-3-8-14-19)20-15-9-4-10-16-20;/h8-9,14,16-18H,3-7,10-13H2,1-2H3;7-8,13-15H,2-6,9-12H2,1H3;2-16H,17H2,1H3;1H/q;;+1;/p-1. The molecule has 5 nitrogen and oxygen atoms in total. The van der Waals surface area contributed by atoms with Crippen LogP contribution >= 0.6 is 7.26 Å². The van der Waals surface area contributed by atoms with Crippen LogP contribution in [0.3, 0.4) is 0 Å². The van der Waals surface area contributed by atoms with Crippen LogP contribution in [0.2, 0.25) is 0 Å². The van der Waals surface area contributed by atoms with E-state index in [0.29, 0.717) is 53.2 Å². The zero-order chi connectivity index (χ0) is 51.9. The van der Waals surface area contributed by atoms with Gasteiger partial charge in [-0.15, -0.1) is 0 Å². The van der Waals surface area contributed by atoms with Crippen LogP contribution in [0.5, 0.6) is 11.5 Å². The van der Waals surface area contributed by atoms with Crippen molar-refractivity contribution in [3.8, 4) is 11.5 Å². The molecule has 2 spiro atoms. The molecular weight excluding hydrogens is 991 g/mol. The maximum absolute atomic E-state index is 14.5. The molecule has 0 radical (unpaired) electrons. The highest BCUT2D eigenvalue weighted by Gasteiger charge is 2.55. The van der Waals surface area contributed by atoms with Crippen molar-refractivity contribution >= 4 is 29.0 Å². The molecule has 5 aromatic rings. The number of methoxy groups -OCH3 is 2. The fraction of sp³-hybridized carbons (Fsp3) is 0.484. The number of Topliss-reactive ketones (excluding diaryl/α,β-unsaturated/α-hetero) is 1. The van der Waals surface area contributed by atoms with Crippen molar-refractivity contribution in [2.24, 2.45) is 34.5 Å². The second-order valence-corrected chi connectivity index (χ2v) is 25.9. The summed E-state index contributed by atoms with van der Waals surface area (Å²) in [6.45, 7) is 4.20. The topological polar surface area (TPSA) is 54.0 Å².